The van der Waals surface area contributed by atoms with Gasteiger partial charge in [0.05, 0.1) is 18.2 Å². The summed E-state index contributed by atoms with van der Waals surface area (Å²) in [5.41, 5.74) is 0. The lowest BCUT2D eigenvalue weighted by Gasteiger charge is -2.23. The van der Waals surface area contributed by atoms with Crippen molar-refractivity contribution in [1.29, 1.82) is 0 Å². The highest BCUT2D eigenvalue weighted by atomic mass is 16.5. The summed E-state index contributed by atoms with van der Waals surface area (Å²) in [5, 5.41) is 12.4. The maximum atomic E-state index is 11.9. The van der Waals surface area contributed by atoms with Crippen LogP contribution < -0.4 is 5.32 Å². The predicted molar refractivity (Wildman–Crippen MR) is 63.6 cm³/mol. The number of carbonyl (C=O) groups excluding carboxylic acids is 1. The third-order valence-electron chi connectivity index (χ3n) is 3.65. The van der Waals surface area contributed by atoms with E-state index in [1.54, 1.807) is 0 Å². The second kappa shape index (κ2) is 5.80. The van der Waals surface area contributed by atoms with E-state index < -0.39 is 0 Å². The van der Waals surface area contributed by atoms with E-state index in [1.807, 2.05) is 11.8 Å². The van der Waals surface area contributed by atoms with Gasteiger partial charge < -0.3 is 15.2 Å². The number of ether oxygens (including phenoxy) is 1. The maximum Gasteiger partial charge on any atom is 0.237 e. The molecule has 1 amide bonds. The molecule has 17 heavy (non-hydrogen) atoms. The van der Waals surface area contributed by atoms with Crippen LogP contribution in [0, 0.1) is 0 Å². The van der Waals surface area contributed by atoms with Gasteiger partial charge in [0, 0.05) is 26.2 Å². The molecule has 0 aromatic rings. The molecular weight excluding hydrogens is 220 g/mol. The lowest BCUT2D eigenvalue weighted by atomic mass is 10.2. The fourth-order valence-corrected chi connectivity index (χ4v) is 2.45. The fraction of sp³-hybridized carbons (Fsp3) is 0.917. The summed E-state index contributed by atoms with van der Waals surface area (Å²) in [6, 6.07) is -0.159. The van der Waals surface area contributed by atoms with Crippen molar-refractivity contribution >= 4 is 5.91 Å². The van der Waals surface area contributed by atoms with Gasteiger partial charge in [-0.2, -0.15) is 0 Å². The van der Waals surface area contributed by atoms with Gasteiger partial charge in [0.15, 0.2) is 0 Å². The number of hydrogen-bond acceptors (Lipinski definition) is 4. The van der Waals surface area contributed by atoms with Crippen LogP contribution in [0.15, 0.2) is 0 Å². The Morgan fingerprint density at radius 2 is 2.41 bits per heavy atom. The largest absolute Gasteiger partial charge is 0.392 e. The van der Waals surface area contributed by atoms with E-state index in [1.165, 1.54) is 0 Å². The molecule has 0 radical (unpaired) electrons. The SMILES string of the molecule is CC(C(=O)NCC1CCCO1)N1CC[C@H](O)C1. The van der Waals surface area contributed by atoms with Gasteiger partial charge in [0.2, 0.25) is 5.91 Å². The first-order valence-electron chi connectivity index (χ1n) is 6.48. The molecule has 0 spiro atoms. The molecule has 2 N–H and O–H groups in total. The molecule has 5 nitrogen and oxygen atoms in total. The van der Waals surface area contributed by atoms with Crippen LogP contribution in [0.5, 0.6) is 0 Å². The number of nitrogens with zero attached hydrogens (tertiary/aromatic N) is 1. The zero-order chi connectivity index (χ0) is 12.3. The maximum absolute atomic E-state index is 11.9. The van der Waals surface area contributed by atoms with Crippen molar-refractivity contribution in [2.24, 2.45) is 0 Å². The summed E-state index contributed by atoms with van der Waals surface area (Å²) in [6.07, 6.45) is 2.81. The number of rotatable bonds is 4. The van der Waals surface area contributed by atoms with Gasteiger partial charge in [0.25, 0.3) is 0 Å². The Labute approximate surface area is 102 Å². The van der Waals surface area contributed by atoms with Gasteiger partial charge in [-0.05, 0) is 26.2 Å². The molecule has 3 atom stereocenters. The molecule has 5 heteroatoms. The molecule has 2 unspecified atom stereocenters. The van der Waals surface area contributed by atoms with Crippen LogP contribution in [0.2, 0.25) is 0 Å². The third kappa shape index (κ3) is 3.40. The zero-order valence-electron chi connectivity index (χ0n) is 10.4. The van der Waals surface area contributed by atoms with Crippen molar-refractivity contribution in [3.8, 4) is 0 Å². The average molecular weight is 242 g/mol. The molecule has 0 aromatic carbocycles. The lowest BCUT2D eigenvalue weighted by molar-refractivity contribution is -0.126. The van der Waals surface area contributed by atoms with E-state index in [0.717, 1.165) is 32.4 Å². The van der Waals surface area contributed by atoms with Gasteiger partial charge >= 0.3 is 0 Å². The molecule has 2 aliphatic heterocycles. The summed E-state index contributed by atoms with van der Waals surface area (Å²) in [7, 11) is 0. The summed E-state index contributed by atoms with van der Waals surface area (Å²) in [6.45, 7) is 4.72. The van der Waals surface area contributed by atoms with E-state index in [9.17, 15) is 9.90 Å². The van der Waals surface area contributed by atoms with Gasteiger partial charge in [-0.15, -0.1) is 0 Å². The Balaban J connectivity index is 1.71. The van der Waals surface area contributed by atoms with Crippen LogP contribution in [0.25, 0.3) is 0 Å². The van der Waals surface area contributed by atoms with Crippen LogP contribution in [-0.4, -0.2) is 60.4 Å². The highest BCUT2D eigenvalue weighted by Gasteiger charge is 2.28. The standard InChI is InChI=1S/C12H22N2O3/c1-9(14-5-4-10(15)8-14)12(16)13-7-11-3-2-6-17-11/h9-11,15H,2-8H2,1H3,(H,13,16)/t9?,10-,11?/m0/s1. The number of aliphatic hydroxyl groups is 1. The van der Waals surface area contributed by atoms with Crippen molar-refractivity contribution in [3.63, 3.8) is 0 Å². The molecule has 2 fully saturated rings. The Hall–Kier alpha value is -0.650. The molecule has 0 bridgehead atoms. The summed E-state index contributed by atoms with van der Waals surface area (Å²) < 4.78 is 5.46. The number of aliphatic hydroxyl groups excluding tert-OH is 1. The normalized spacial score (nSPS) is 31.6. The van der Waals surface area contributed by atoms with Crippen LogP contribution >= 0.6 is 0 Å². The summed E-state index contributed by atoms with van der Waals surface area (Å²) in [4.78, 5) is 13.9. The van der Waals surface area contributed by atoms with Crippen LogP contribution in [0.1, 0.15) is 26.2 Å². The molecule has 98 valence electrons. The minimum atomic E-state index is -0.275. The predicted octanol–water partition coefficient (Wildman–Crippen LogP) is -0.263. The van der Waals surface area contributed by atoms with Crippen LogP contribution in [0.3, 0.4) is 0 Å². The van der Waals surface area contributed by atoms with E-state index in [-0.39, 0.29) is 24.2 Å². The molecule has 2 saturated heterocycles. The van der Waals surface area contributed by atoms with Gasteiger partial charge in [-0.1, -0.05) is 0 Å². The van der Waals surface area contributed by atoms with Crippen LogP contribution in [0.4, 0.5) is 0 Å². The molecule has 2 rings (SSSR count). The summed E-state index contributed by atoms with van der Waals surface area (Å²) in [5.74, 6) is 0.0367. The van der Waals surface area contributed by atoms with Gasteiger partial charge in [0.1, 0.15) is 0 Å². The molecular formula is C12H22N2O3. The third-order valence-corrected chi connectivity index (χ3v) is 3.65. The number of amides is 1. The Morgan fingerprint density at radius 3 is 3.00 bits per heavy atom. The number of carbonyl (C=O) groups is 1. The number of hydrogen-bond donors (Lipinski definition) is 2. The second-order valence-electron chi connectivity index (χ2n) is 4.99. The first-order chi connectivity index (χ1) is 8.16. The highest BCUT2D eigenvalue weighted by molar-refractivity contribution is 5.81. The minimum absolute atomic E-state index is 0.0367. The molecule has 0 aliphatic carbocycles. The topological polar surface area (TPSA) is 61.8 Å². The zero-order valence-corrected chi connectivity index (χ0v) is 10.4. The molecule has 2 aliphatic rings. The highest BCUT2D eigenvalue weighted by Crippen LogP contribution is 2.13. The van der Waals surface area contributed by atoms with E-state index in [4.69, 9.17) is 4.74 Å². The molecule has 0 aromatic heterocycles. The molecule has 0 saturated carbocycles. The van der Waals surface area contributed by atoms with Gasteiger partial charge in [-0.3, -0.25) is 9.69 Å². The summed E-state index contributed by atoms with van der Waals surface area (Å²) >= 11 is 0. The van der Waals surface area contributed by atoms with Crippen molar-refractivity contribution in [2.45, 2.75) is 44.4 Å². The smallest absolute Gasteiger partial charge is 0.237 e. The van der Waals surface area contributed by atoms with E-state index >= 15 is 0 Å². The van der Waals surface area contributed by atoms with Crippen molar-refractivity contribution < 1.29 is 14.6 Å². The Bertz CT molecular complexity index is 266. The minimum Gasteiger partial charge on any atom is -0.392 e. The molecule has 2 heterocycles. The van der Waals surface area contributed by atoms with Crippen LogP contribution in [-0.2, 0) is 9.53 Å². The quantitative estimate of drug-likeness (QED) is 0.713. The first-order valence-corrected chi connectivity index (χ1v) is 6.48. The van der Waals surface area contributed by atoms with Gasteiger partial charge in [-0.25, -0.2) is 0 Å². The Morgan fingerprint density at radius 1 is 1.59 bits per heavy atom. The van der Waals surface area contributed by atoms with Crippen molar-refractivity contribution in [3.05, 3.63) is 0 Å². The monoisotopic (exact) mass is 242 g/mol. The van der Waals surface area contributed by atoms with E-state index in [2.05, 4.69) is 5.32 Å². The number of β-amino-alcohol motifs (C(OH)–C–C–N with tert-alkyl or cyclic N) is 1. The first kappa shape index (κ1) is 12.8. The second-order valence-corrected chi connectivity index (χ2v) is 4.99. The van der Waals surface area contributed by atoms with Crippen molar-refractivity contribution in [1.82, 2.24) is 10.2 Å². The lowest BCUT2D eigenvalue weighted by Crippen LogP contribution is -2.46. The number of likely N-dealkylation sites (tertiary alicyclic amines) is 1. The van der Waals surface area contributed by atoms with E-state index in [0.29, 0.717) is 13.1 Å². The fourth-order valence-electron chi connectivity index (χ4n) is 2.45. The van der Waals surface area contributed by atoms with Crippen molar-refractivity contribution in [2.75, 3.05) is 26.2 Å². The number of nitrogens with one attached hydrogen (secondary N) is 1. The Kier molecular flexibility index (Phi) is 4.36. The average Bonchev–Trinajstić information content (AvgIpc) is 2.95.